The van der Waals surface area contributed by atoms with Crippen molar-refractivity contribution in [2.75, 3.05) is 6.54 Å². The average Bonchev–Trinajstić information content (AvgIpc) is 3.43. The van der Waals surface area contributed by atoms with Crippen molar-refractivity contribution in [3.63, 3.8) is 0 Å². The monoisotopic (exact) mass is 362 g/mol. The van der Waals surface area contributed by atoms with Gasteiger partial charge in [0.25, 0.3) is 5.89 Å². The van der Waals surface area contributed by atoms with E-state index in [9.17, 15) is 0 Å². The third kappa shape index (κ3) is 2.81. The lowest BCUT2D eigenvalue weighted by Crippen LogP contribution is -2.22. The van der Waals surface area contributed by atoms with Crippen LogP contribution >= 0.6 is 11.3 Å². The first-order valence-corrected chi connectivity index (χ1v) is 9.75. The number of hydrogen-bond acceptors (Lipinski definition) is 6. The highest BCUT2D eigenvalue weighted by molar-refractivity contribution is 7.07. The van der Waals surface area contributed by atoms with Gasteiger partial charge in [0.15, 0.2) is 0 Å². The Hall–Kier alpha value is -2.57. The summed E-state index contributed by atoms with van der Waals surface area (Å²) >= 11 is 1.74. The summed E-state index contributed by atoms with van der Waals surface area (Å²) in [5, 5.41) is 15.2. The fourth-order valence-electron chi connectivity index (χ4n) is 3.67. The second-order valence-electron chi connectivity index (χ2n) is 6.59. The van der Waals surface area contributed by atoms with Crippen LogP contribution in [0.15, 0.2) is 57.8 Å². The number of hydrogen-bond donors (Lipinski definition) is 0. The molecule has 0 radical (unpaired) electrons. The molecule has 0 amide bonds. The van der Waals surface area contributed by atoms with Gasteiger partial charge in [-0.15, -0.1) is 10.2 Å². The Morgan fingerprint density at radius 3 is 3.04 bits per heavy atom. The van der Waals surface area contributed by atoms with Gasteiger partial charge in [-0.1, -0.05) is 24.3 Å². The highest BCUT2D eigenvalue weighted by atomic mass is 32.1. The molecule has 1 atom stereocenters. The number of rotatable bonds is 4. The zero-order valence-electron chi connectivity index (χ0n) is 14.2. The predicted molar refractivity (Wildman–Crippen MR) is 102 cm³/mol. The van der Waals surface area contributed by atoms with E-state index in [1.807, 2.05) is 24.3 Å². The molecular weight excluding hydrogens is 344 g/mol. The number of pyridine rings is 1. The maximum atomic E-state index is 6.09. The molecule has 1 fully saturated rings. The molecule has 0 unspecified atom stereocenters. The van der Waals surface area contributed by atoms with Gasteiger partial charge in [0, 0.05) is 18.1 Å². The van der Waals surface area contributed by atoms with Crippen LogP contribution in [0.25, 0.3) is 22.4 Å². The Morgan fingerprint density at radius 2 is 2.12 bits per heavy atom. The lowest BCUT2D eigenvalue weighted by molar-refractivity contribution is 0.216. The van der Waals surface area contributed by atoms with E-state index in [1.54, 1.807) is 17.5 Å². The quantitative estimate of drug-likeness (QED) is 0.527. The Bertz CT molecular complexity index is 1020. The van der Waals surface area contributed by atoms with E-state index in [1.165, 1.54) is 5.56 Å². The molecule has 130 valence electrons. The molecule has 0 aliphatic carbocycles. The number of fused-ring (bicyclic) bond motifs is 1. The molecule has 1 aliphatic heterocycles. The topological polar surface area (TPSA) is 55.1 Å². The van der Waals surface area contributed by atoms with Gasteiger partial charge in [-0.25, -0.2) is 0 Å². The first-order chi connectivity index (χ1) is 12.9. The highest BCUT2D eigenvalue weighted by Crippen LogP contribution is 2.34. The maximum absolute atomic E-state index is 6.09. The summed E-state index contributed by atoms with van der Waals surface area (Å²) in [6, 6.07) is 12.5. The average molecular weight is 362 g/mol. The van der Waals surface area contributed by atoms with Crippen molar-refractivity contribution in [3.05, 3.63) is 64.8 Å². The van der Waals surface area contributed by atoms with Crippen LogP contribution in [0.3, 0.4) is 0 Å². The minimum absolute atomic E-state index is 0.186. The number of aromatic nitrogens is 3. The van der Waals surface area contributed by atoms with Crippen LogP contribution in [0.2, 0.25) is 0 Å². The Labute approximate surface area is 155 Å². The van der Waals surface area contributed by atoms with E-state index < -0.39 is 0 Å². The Morgan fingerprint density at radius 1 is 1.15 bits per heavy atom. The SMILES string of the molecule is c1ccc2c(-c3nnc([C@@H]4CCCN4Cc4ccsc4)o3)nccc2c1. The first kappa shape index (κ1) is 15.7. The van der Waals surface area contributed by atoms with Gasteiger partial charge in [-0.2, -0.15) is 11.3 Å². The summed E-state index contributed by atoms with van der Waals surface area (Å²) in [6.07, 6.45) is 3.99. The molecule has 0 spiro atoms. The lowest BCUT2D eigenvalue weighted by atomic mass is 10.1. The summed E-state index contributed by atoms with van der Waals surface area (Å²) in [7, 11) is 0. The van der Waals surface area contributed by atoms with E-state index in [0.29, 0.717) is 11.8 Å². The second-order valence-corrected chi connectivity index (χ2v) is 7.37. The Balaban J connectivity index is 1.46. The van der Waals surface area contributed by atoms with Gasteiger partial charge >= 0.3 is 0 Å². The minimum atomic E-state index is 0.186. The fraction of sp³-hybridized carbons (Fsp3) is 0.250. The number of nitrogens with zero attached hydrogens (tertiary/aromatic N) is 4. The van der Waals surface area contributed by atoms with Gasteiger partial charge < -0.3 is 4.42 Å². The van der Waals surface area contributed by atoms with Crippen molar-refractivity contribution in [1.29, 1.82) is 0 Å². The van der Waals surface area contributed by atoms with Crippen molar-refractivity contribution in [3.8, 4) is 11.6 Å². The normalized spacial score (nSPS) is 17.9. The zero-order valence-corrected chi connectivity index (χ0v) is 15.0. The van der Waals surface area contributed by atoms with Crippen molar-refractivity contribution >= 4 is 22.1 Å². The third-order valence-corrected chi connectivity index (χ3v) is 5.66. The molecule has 0 N–H and O–H groups in total. The molecule has 5 nitrogen and oxygen atoms in total. The van der Waals surface area contributed by atoms with Crippen LogP contribution in [0.5, 0.6) is 0 Å². The minimum Gasteiger partial charge on any atom is -0.418 e. The molecule has 3 aromatic heterocycles. The highest BCUT2D eigenvalue weighted by Gasteiger charge is 2.31. The molecule has 4 heterocycles. The molecule has 1 aliphatic rings. The van der Waals surface area contributed by atoms with Crippen LogP contribution in [0.4, 0.5) is 0 Å². The van der Waals surface area contributed by atoms with Crippen LogP contribution in [-0.4, -0.2) is 26.6 Å². The van der Waals surface area contributed by atoms with E-state index in [2.05, 4.69) is 43.0 Å². The molecule has 0 bridgehead atoms. The third-order valence-electron chi connectivity index (χ3n) is 4.93. The van der Waals surface area contributed by atoms with Crippen molar-refractivity contribution in [2.24, 2.45) is 0 Å². The summed E-state index contributed by atoms with van der Waals surface area (Å²) in [5.41, 5.74) is 2.10. The summed E-state index contributed by atoms with van der Waals surface area (Å²) < 4.78 is 6.09. The largest absolute Gasteiger partial charge is 0.418 e. The van der Waals surface area contributed by atoms with Crippen molar-refractivity contribution in [2.45, 2.75) is 25.4 Å². The maximum Gasteiger partial charge on any atom is 0.266 e. The van der Waals surface area contributed by atoms with Gasteiger partial charge in [-0.3, -0.25) is 9.88 Å². The van der Waals surface area contributed by atoms with Crippen LogP contribution in [0.1, 0.15) is 30.3 Å². The summed E-state index contributed by atoms with van der Waals surface area (Å²) in [5.74, 6) is 1.20. The van der Waals surface area contributed by atoms with E-state index in [4.69, 9.17) is 4.42 Å². The van der Waals surface area contributed by atoms with Crippen LogP contribution in [-0.2, 0) is 6.54 Å². The molecule has 1 saturated heterocycles. The number of benzene rings is 1. The van der Waals surface area contributed by atoms with E-state index in [-0.39, 0.29) is 6.04 Å². The molecule has 5 rings (SSSR count). The fourth-order valence-corrected chi connectivity index (χ4v) is 4.33. The number of thiophene rings is 1. The molecule has 4 aromatic rings. The zero-order chi connectivity index (χ0) is 17.3. The standard InChI is InChI=1S/C20H18N4OS/c1-2-5-16-15(4-1)7-9-21-18(16)20-23-22-19(25-20)17-6-3-10-24(17)12-14-8-11-26-13-14/h1-2,4-5,7-9,11,13,17H,3,6,10,12H2/t17-/m0/s1. The van der Waals surface area contributed by atoms with Crippen molar-refractivity contribution < 1.29 is 4.42 Å². The van der Waals surface area contributed by atoms with Gasteiger partial charge in [0.05, 0.1) is 6.04 Å². The molecule has 1 aromatic carbocycles. The van der Waals surface area contributed by atoms with E-state index in [0.717, 1.165) is 42.4 Å². The summed E-state index contributed by atoms with van der Waals surface area (Å²) in [6.45, 7) is 1.99. The smallest absolute Gasteiger partial charge is 0.266 e. The molecular formula is C20H18N4OS. The summed E-state index contributed by atoms with van der Waals surface area (Å²) in [4.78, 5) is 6.91. The number of likely N-dealkylation sites (tertiary alicyclic amines) is 1. The van der Waals surface area contributed by atoms with Crippen LogP contribution < -0.4 is 0 Å². The molecule has 6 heteroatoms. The van der Waals surface area contributed by atoms with Gasteiger partial charge in [0.2, 0.25) is 5.89 Å². The first-order valence-electron chi connectivity index (χ1n) is 8.81. The molecule has 26 heavy (non-hydrogen) atoms. The second kappa shape index (κ2) is 6.63. The molecule has 0 saturated carbocycles. The van der Waals surface area contributed by atoms with Crippen LogP contribution in [0, 0.1) is 0 Å². The van der Waals surface area contributed by atoms with E-state index >= 15 is 0 Å². The predicted octanol–water partition coefficient (Wildman–Crippen LogP) is 4.68. The van der Waals surface area contributed by atoms with Gasteiger partial charge in [0.1, 0.15) is 5.69 Å². The van der Waals surface area contributed by atoms with Gasteiger partial charge in [-0.05, 0) is 53.2 Å². The van der Waals surface area contributed by atoms with Crippen molar-refractivity contribution in [1.82, 2.24) is 20.1 Å². The lowest BCUT2D eigenvalue weighted by Gasteiger charge is -2.20. The Kier molecular flexibility index (Phi) is 3.99.